The summed E-state index contributed by atoms with van der Waals surface area (Å²) in [6, 6.07) is 10.2. The molecule has 0 aliphatic carbocycles. The maximum atomic E-state index is 11.1. The Hall–Kier alpha value is -2.34. The van der Waals surface area contributed by atoms with E-state index in [2.05, 4.69) is 26.2 Å². The number of ether oxygens (including phenoxy) is 1. The van der Waals surface area contributed by atoms with Gasteiger partial charge in [0, 0.05) is 28.9 Å². The highest BCUT2D eigenvalue weighted by Crippen LogP contribution is 2.31. The first-order chi connectivity index (χ1) is 10.5. The molecule has 0 fully saturated rings. The van der Waals surface area contributed by atoms with E-state index in [0.717, 1.165) is 4.47 Å². The zero-order chi connectivity index (χ0) is 16.1. The lowest BCUT2D eigenvalue weighted by atomic mass is 10.2. The molecule has 0 unspecified atom stereocenters. The molecule has 0 aliphatic heterocycles. The molecule has 5 nitrogen and oxygen atoms in total. The van der Waals surface area contributed by atoms with E-state index in [-0.39, 0.29) is 11.7 Å². The van der Waals surface area contributed by atoms with E-state index >= 15 is 0 Å². The minimum absolute atomic E-state index is 0.129. The molecule has 0 spiro atoms. The third kappa shape index (κ3) is 4.08. The number of hydrogen-bond donors (Lipinski definition) is 2. The van der Waals surface area contributed by atoms with E-state index in [1.807, 2.05) is 0 Å². The largest absolute Gasteiger partial charge is 0.507 e. The van der Waals surface area contributed by atoms with Gasteiger partial charge in [-0.15, -0.1) is 0 Å². The molecule has 0 saturated heterocycles. The summed E-state index contributed by atoms with van der Waals surface area (Å²) in [6.07, 6.45) is 1.54. The minimum Gasteiger partial charge on any atom is -0.507 e. The Morgan fingerprint density at radius 3 is 2.77 bits per heavy atom. The predicted octanol–water partition coefficient (Wildman–Crippen LogP) is 3.87. The molecule has 0 aromatic heterocycles. The highest BCUT2D eigenvalue weighted by molar-refractivity contribution is 9.10. The van der Waals surface area contributed by atoms with Crippen molar-refractivity contribution < 1.29 is 14.6 Å². The first-order valence-electron chi connectivity index (χ1n) is 6.48. The van der Waals surface area contributed by atoms with E-state index in [4.69, 9.17) is 4.74 Å². The summed E-state index contributed by atoms with van der Waals surface area (Å²) in [4.78, 5) is 15.5. The van der Waals surface area contributed by atoms with Gasteiger partial charge in [-0.2, -0.15) is 0 Å². The van der Waals surface area contributed by atoms with Gasteiger partial charge >= 0.3 is 0 Å². The number of hydrogen-bond acceptors (Lipinski definition) is 4. The van der Waals surface area contributed by atoms with Crippen molar-refractivity contribution in [2.75, 3.05) is 12.4 Å². The van der Waals surface area contributed by atoms with Gasteiger partial charge in [-0.3, -0.25) is 9.79 Å². The van der Waals surface area contributed by atoms with Crippen LogP contribution in [0.15, 0.2) is 45.9 Å². The van der Waals surface area contributed by atoms with Gasteiger partial charge in [-0.1, -0.05) is 15.9 Å². The molecule has 0 heterocycles. The van der Waals surface area contributed by atoms with Gasteiger partial charge in [0.2, 0.25) is 5.91 Å². The molecule has 22 heavy (non-hydrogen) atoms. The molecule has 0 aliphatic rings. The average Bonchev–Trinajstić information content (AvgIpc) is 2.48. The van der Waals surface area contributed by atoms with Crippen molar-refractivity contribution in [1.29, 1.82) is 0 Å². The molecule has 6 heteroatoms. The number of halogens is 1. The molecule has 1 amide bonds. The number of phenols is 1. The van der Waals surface area contributed by atoms with E-state index < -0.39 is 0 Å². The van der Waals surface area contributed by atoms with Crippen LogP contribution in [0.25, 0.3) is 0 Å². The van der Waals surface area contributed by atoms with Crippen LogP contribution < -0.4 is 10.1 Å². The van der Waals surface area contributed by atoms with Gasteiger partial charge in [-0.05, 0) is 36.4 Å². The van der Waals surface area contributed by atoms with Crippen LogP contribution in [-0.2, 0) is 4.79 Å². The molecule has 0 saturated carbocycles. The van der Waals surface area contributed by atoms with Crippen molar-refractivity contribution >= 4 is 39.4 Å². The third-order valence-electron chi connectivity index (χ3n) is 2.83. The predicted molar refractivity (Wildman–Crippen MR) is 90.4 cm³/mol. The van der Waals surface area contributed by atoms with E-state index in [1.165, 1.54) is 13.1 Å². The molecule has 0 atom stereocenters. The van der Waals surface area contributed by atoms with Gasteiger partial charge < -0.3 is 15.2 Å². The molecular weight excluding hydrogens is 348 g/mol. The Morgan fingerprint density at radius 2 is 2.09 bits per heavy atom. The smallest absolute Gasteiger partial charge is 0.221 e. The Bertz CT molecular complexity index is 729. The Morgan fingerprint density at radius 1 is 1.32 bits per heavy atom. The van der Waals surface area contributed by atoms with Crippen LogP contribution in [0.4, 0.5) is 11.4 Å². The summed E-state index contributed by atoms with van der Waals surface area (Å²) >= 11 is 3.34. The summed E-state index contributed by atoms with van der Waals surface area (Å²) in [5.74, 6) is 0.536. The molecule has 0 bridgehead atoms. The summed E-state index contributed by atoms with van der Waals surface area (Å²) in [5, 5.41) is 12.5. The number of amides is 1. The van der Waals surface area contributed by atoms with Crippen LogP contribution in [0.3, 0.4) is 0 Å². The van der Waals surface area contributed by atoms with Gasteiger partial charge in [-0.25, -0.2) is 0 Å². The highest BCUT2D eigenvalue weighted by atomic mass is 79.9. The zero-order valence-corrected chi connectivity index (χ0v) is 13.7. The number of aliphatic imine (C=N–C) groups is 1. The molecule has 2 rings (SSSR count). The second-order valence-electron chi connectivity index (χ2n) is 4.53. The molecule has 114 valence electrons. The topological polar surface area (TPSA) is 70.9 Å². The van der Waals surface area contributed by atoms with Crippen LogP contribution in [0, 0.1) is 0 Å². The van der Waals surface area contributed by atoms with Crippen molar-refractivity contribution in [2.24, 2.45) is 4.99 Å². The van der Waals surface area contributed by atoms with Crippen molar-refractivity contribution in [1.82, 2.24) is 0 Å². The fourth-order valence-corrected chi connectivity index (χ4v) is 2.22. The van der Waals surface area contributed by atoms with Gasteiger partial charge in [0.25, 0.3) is 0 Å². The lowest BCUT2D eigenvalue weighted by Crippen LogP contribution is -2.05. The summed E-state index contributed by atoms with van der Waals surface area (Å²) in [6.45, 7) is 1.44. The summed E-state index contributed by atoms with van der Waals surface area (Å²) in [5.41, 5.74) is 1.74. The summed E-state index contributed by atoms with van der Waals surface area (Å²) < 4.78 is 6.09. The van der Waals surface area contributed by atoms with E-state index in [0.29, 0.717) is 22.7 Å². The minimum atomic E-state index is -0.162. The lowest BCUT2D eigenvalue weighted by Gasteiger charge is -2.08. The maximum absolute atomic E-state index is 11.1. The SMILES string of the molecule is COc1ccc(NC(C)=O)cc1N=Cc1cc(Br)ccc1O. The van der Waals surface area contributed by atoms with Gasteiger partial charge in [0.05, 0.1) is 7.11 Å². The van der Waals surface area contributed by atoms with Gasteiger partial charge in [0.15, 0.2) is 0 Å². The van der Waals surface area contributed by atoms with Crippen molar-refractivity contribution in [3.8, 4) is 11.5 Å². The normalized spacial score (nSPS) is 10.7. The summed E-state index contributed by atoms with van der Waals surface area (Å²) in [7, 11) is 1.54. The van der Waals surface area contributed by atoms with E-state index in [1.54, 1.807) is 43.5 Å². The average molecular weight is 363 g/mol. The fraction of sp³-hybridized carbons (Fsp3) is 0.125. The molecule has 2 N–H and O–H groups in total. The van der Waals surface area contributed by atoms with Crippen LogP contribution in [0.5, 0.6) is 11.5 Å². The number of rotatable bonds is 4. The highest BCUT2D eigenvalue weighted by Gasteiger charge is 2.05. The second-order valence-corrected chi connectivity index (χ2v) is 5.44. The Balaban J connectivity index is 2.36. The standard InChI is InChI=1S/C16H15BrN2O3/c1-10(20)19-13-4-6-16(22-2)14(8-13)18-9-11-7-12(17)3-5-15(11)21/h3-9,21H,1-2H3,(H,19,20). The quantitative estimate of drug-likeness (QED) is 0.810. The van der Waals surface area contributed by atoms with Crippen molar-refractivity contribution in [3.05, 3.63) is 46.4 Å². The van der Waals surface area contributed by atoms with E-state index in [9.17, 15) is 9.90 Å². The first-order valence-corrected chi connectivity index (χ1v) is 7.27. The van der Waals surface area contributed by atoms with Crippen molar-refractivity contribution in [2.45, 2.75) is 6.92 Å². The molecule has 2 aromatic carbocycles. The molecule has 2 aromatic rings. The lowest BCUT2D eigenvalue weighted by molar-refractivity contribution is -0.114. The van der Waals surface area contributed by atoms with Gasteiger partial charge in [0.1, 0.15) is 17.2 Å². The third-order valence-corrected chi connectivity index (χ3v) is 3.32. The number of aromatic hydroxyl groups is 1. The second kappa shape index (κ2) is 7.09. The number of nitrogens with zero attached hydrogens (tertiary/aromatic N) is 1. The number of anilines is 1. The molecular formula is C16H15BrN2O3. The number of phenolic OH excluding ortho intramolecular Hbond substituents is 1. The maximum Gasteiger partial charge on any atom is 0.221 e. The van der Waals surface area contributed by atoms with Crippen LogP contribution in [-0.4, -0.2) is 24.3 Å². The zero-order valence-electron chi connectivity index (χ0n) is 12.1. The van der Waals surface area contributed by atoms with Crippen molar-refractivity contribution in [3.63, 3.8) is 0 Å². The number of carbonyl (C=O) groups is 1. The van der Waals surface area contributed by atoms with Crippen LogP contribution in [0.1, 0.15) is 12.5 Å². The molecule has 0 radical (unpaired) electrons. The number of benzene rings is 2. The number of methoxy groups -OCH3 is 1. The Labute approximate surface area is 136 Å². The Kier molecular flexibility index (Phi) is 5.16. The van der Waals surface area contributed by atoms with Crippen LogP contribution in [0.2, 0.25) is 0 Å². The fourth-order valence-electron chi connectivity index (χ4n) is 1.84. The number of nitrogens with one attached hydrogen (secondary N) is 1. The van der Waals surface area contributed by atoms with Crippen LogP contribution >= 0.6 is 15.9 Å². The monoisotopic (exact) mass is 362 g/mol. The number of carbonyl (C=O) groups excluding carboxylic acids is 1. The first kappa shape index (κ1) is 16.0.